The third-order valence-corrected chi connectivity index (χ3v) is 5.14. The average molecular weight is 373 g/mol. The molecule has 1 aromatic carbocycles. The molecule has 2 heterocycles. The van der Waals surface area contributed by atoms with Crippen LogP contribution in [-0.2, 0) is 16.1 Å². The summed E-state index contributed by atoms with van der Waals surface area (Å²) in [5, 5.41) is 5.47. The fraction of sp³-hybridized carbons (Fsp3) is 0.421. The van der Waals surface area contributed by atoms with Gasteiger partial charge >= 0.3 is 5.97 Å². The molecule has 1 unspecified atom stereocenters. The second kappa shape index (κ2) is 8.80. The van der Waals surface area contributed by atoms with Gasteiger partial charge < -0.3 is 15.0 Å². The Morgan fingerprint density at radius 2 is 2.15 bits per heavy atom. The van der Waals surface area contributed by atoms with Gasteiger partial charge in [-0.05, 0) is 24.3 Å². The van der Waals surface area contributed by atoms with Crippen LogP contribution in [0.15, 0.2) is 35.7 Å². The van der Waals surface area contributed by atoms with E-state index in [1.54, 1.807) is 10.3 Å². The molecule has 1 N–H and O–H groups in total. The average Bonchev–Trinajstić information content (AvgIpc) is 3.14. The number of anilines is 1. The van der Waals surface area contributed by atoms with Crippen molar-refractivity contribution in [1.82, 2.24) is 9.88 Å². The molecule has 7 heteroatoms. The SMILES string of the molecule is CC1CCCN(C(=O)COC(=O)c2csc(NCc3ccccc3)n2)C1. The highest BCUT2D eigenvalue weighted by atomic mass is 32.1. The highest BCUT2D eigenvalue weighted by Gasteiger charge is 2.22. The number of hydrogen-bond donors (Lipinski definition) is 1. The number of ether oxygens (including phenoxy) is 1. The second-order valence-electron chi connectivity index (χ2n) is 6.54. The van der Waals surface area contributed by atoms with E-state index in [4.69, 9.17) is 4.74 Å². The minimum absolute atomic E-state index is 0.137. The molecule has 0 bridgehead atoms. The van der Waals surface area contributed by atoms with Crippen LogP contribution in [0.3, 0.4) is 0 Å². The molecular weight excluding hydrogens is 350 g/mol. The van der Waals surface area contributed by atoms with Crippen molar-refractivity contribution in [3.8, 4) is 0 Å². The van der Waals surface area contributed by atoms with Crippen molar-refractivity contribution in [2.75, 3.05) is 25.0 Å². The topological polar surface area (TPSA) is 71.5 Å². The predicted molar refractivity (Wildman–Crippen MR) is 101 cm³/mol. The van der Waals surface area contributed by atoms with Crippen LogP contribution >= 0.6 is 11.3 Å². The van der Waals surface area contributed by atoms with Gasteiger partial charge in [0.25, 0.3) is 5.91 Å². The first-order valence-corrected chi connectivity index (χ1v) is 9.68. The van der Waals surface area contributed by atoms with Crippen LogP contribution < -0.4 is 5.32 Å². The van der Waals surface area contributed by atoms with Gasteiger partial charge in [0.1, 0.15) is 0 Å². The van der Waals surface area contributed by atoms with Gasteiger partial charge in [0, 0.05) is 25.0 Å². The summed E-state index contributed by atoms with van der Waals surface area (Å²) in [6.45, 7) is 4.01. The lowest BCUT2D eigenvalue weighted by molar-refractivity contribution is -0.136. The third kappa shape index (κ3) is 5.05. The lowest BCUT2D eigenvalue weighted by atomic mass is 10.0. The first kappa shape index (κ1) is 18.4. The number of esters is 1. The van der Waals surface area contributed by atoms with Gasteiger partial charge in [0.2, 0.25) is 0 Å². The maximum Gasteiger partial charge on any atom is 0.358 e. The van der Waals surface area contributed by atoms with Crippen molar-refractivity contribution in [3.63, 3.8) is 0 Å². The number of nitrogens with zero attached hydrogens (tertiary/aromatic N) is 2. The molecule has 1 fully saturated rings. The van der Waals surface area contributed by atoms with E-state index in [-0.39, 0.29) is 18.2 Å². The highest BCUT2D eigenvalue weighted by Crippen LogP contribution is 2.18. The summed E-state index contributed by atoms with van der Waals surface area (Å²) in [6, 6.07) is 9.95. The summed E-state index contributed by atoms with van der Waals surface area (Å²) in [5.41, 5.74) is 1.36. The number of thiazole rings is 1. The number of aromatic nitrogens is 1. The van der Waals surface area contributed by atoms with E-state index in [1.165, 1.54) is 11.3 Å². The smallest absolute Gasteiger partial charge is 0.358 e. The molecule has 2 aromatic rings. The maximum absolute atomic E-state index is 12.2. The Kier molecular flexibility index (Phi) is 6.22. The van der Waals surface area contributed by atoms with Crippen LogP contribution in [0.5, 0.6) is 0 Å². The van der Waals surface area contributed by atoms with Gasteiger partial charge in [-0.1, -0.05) is 37.3 Å². The zero-order valence-corrected chi connectivity index (χ0v) is 15.6. The summed E-state index contributed by atoms with van der Waals surface area (Å²) in [5.74, 6) is -0.199. The summed E-state index contributed by atoms with van der Waals surface area (Å²) in [6.07, 6.45) is 2.14. The molecule has 1 amide bonds. The molecule has 0 radical (unpaired) electrons. The molecule has 0 aliphatic carbocycles. The van der Waals surface area contributed by atoms with E-state index in [0.29, 0.717) is 17.6 Å². The van der Waals surface area contributed by atoms with Crippen LogP contribution in [0.25, 0.3) is 0 Å². The maximum atomic E-state index is 12.2. The van der Waals surface area contributed by atoms with Crippen molar-refractivity contribution < 1.29 is 14.3 Å². The zero-order chi connectivity index (χ0) is 18.4. The molecule has 6 nitrogen and oxygen atoms in total. The van der Waals surface area contributed by atoms with Gasteiger partial charge in [-0.2, -0.15) is 0 Å². The van der Waals surface area contributed by atoms with E-state index < -0.39 is 5.97 Å². The summed E-state index contributed by atoms with van der Waals surface area (Å²) in [7, 11) is 0. The Bertz CT molecular complexity index is 747. The molecule has 1 aliphatic heterocycles. The molecule has 138 valence electrons. The number of rotatable bonds is 6. The molecular formula is C19H23N3O3S. The van der Waals surface area contributed by atoms with Crippen molar-refractivity contribution >= 4 is 28.3 Å². The van der Waals surface area contributed by atoms with Crippen LogP contribution in [-0.4, -0.2) is 41.5 Å². The standard InChI is InChI=1S/C19H23N3O3S/c1-14-6-5-9-22(11-14)17(23)12-25-18(24)16-13-26-19(21-16)20-10-15-7-3-2-4-8-15/h2-4,7-8,13-14H,5-6,9-12H2,1H3,(H,20,21). The zero-order valence-electron chi connectivity index (χ0n) is 14.8. The number of carbonyl (C=O) groups is 2. The van der Waals surface area contributed by atoms with E-state index in [9.17, 15) is 9.59 Å². The predicted octanol–water partition coefficient (Wildman–Crippen LogP) is 3.17. The molecule has 1 saturated heterocycles. The number of amides is 1. The van der Waals surface area contributed by atoms with Crippen LogP contribution in [0.4, 0.5) is 5.13 Å². The Balaban J connectivity index is 1.46. The van der Waals surface area contributed by atoms with Crippen molar-refractivity contribution in [3.05, 3.63) is 47.0 Å². The minimum Gasteiger partial charge on any atom is -0.451 e. The Morgan fingerprint density at radius 1 is 1.35 bits per heavy atom. The van der Waals surface area contributed by atoms with E-state index in [1.807, 2.05) is 30.3 Å². The number of piperidine rings is 1. The van der Waals surface area contributed by atoms with Crippen LogP contribution in [0.1, 0.15) is 35.8 Å². The number of carbonyl (C=O) groups excluding carboxylic acids is 2. The largest absolute Gasteiger partial charge is 0.451 e. The quantitative estimate of drug-likeness (QED) is 0.788. The Morgan fingerprint density at radius 3 is 2.92 bits per heavy atom. The van der Waals surface area contributed by atoms with Gasteiger partial charge in [-0.15, -0.1) is 11.3 Å². The molecule has 1 aliphatic rings. The number of benzene rings is 1. The van der Waals surface area contributed by atoms with Gasteiger partial charge in [0.15, 0.2) is 17.4 Å². The molecule has 1 atom stereocenters. The number of hydrogen-bond acceptors (Lipinski definition) is 6. The lowest BCUT2D eigenvalue weighted by Gasteiger charge is -2.30. The Hall–Kier alpha value is -2.41. The first-order chi connectivity index (χ1) is 12.6. The van der Waals surface area contributed by atoms with Crippen LogP contribution in [0, 0.1) is 5.92 Å². The molecule has 26 heavy (non-hydrogen) atoms. The highest BCUT2D eigenvalue weighted by molar-refractivity contribution is 7.13. The van der Waals surface area contributed by atoms with E-state index >= 15 is 0 Å². The van der Waals surface area contributed by atoms with Gasteiger partial charge in [-0.3, -0.25) is 4.79 Å². The second-order valence-corrected chi connectivity index (χ2v) is 7.40. The summed E-state index contributed by atoms with van der Waals surface area (Å²) in [4.78, 5) is 30.3. The fourth-order valence-corrected chi connectivity index (χ4v) is 3.61. The fourth-order valence-electron chi connectivity index (χ4n) is 2.93. The first-order valence-electron chi connectivity index (χ1n) is 8.80. The Labute approximate surface area is 157 Å². The van der Waals surface area contributed by atoms with E-state index in [0.717, 1.165) is 31.5 Å². The van der Waals surface area contributed by atoms with Crippen molar-refractivity contribution in [1.29, 1.82) is 0 Å². The number of likely N-dealkylation sites (tertiary alicyclic amines) is 1. The normalized spacial score (nSPS) is 17.0. The van der Waals surface area contributed by atoms with Crippen molar-refractivity contribution in [2.45, 2.75) is 26.3 Å². The molecule has 0 saturated carbocycles. The summed E-state index contributed by atoms with van der Waals surface area (Å²) >= 11 is 1.34. The van der Waals surface area contributed by atoms with E-state index in [2.05, 4.69) is 17.2 Å². The van der Waals surface area contributed by atoms with Gasteiger partial charge in [-0.25, -0.2) is 9.78 Å². The van der Waals surface area contributed by atoms with Gasteiger partial charge in [0.05, 0.1) is 0 Å². The monoisotopic (exact) mass is 373 g/mol. The third-order valence-electron chi connectivity index (χ3n) is 4.34. The lowest BCUT2D eigenvalue weighted by Crippen LogP contribution is -2.41. The number of nitrogens with one attached hydrogen (secondary N) is 1. The van der Waals surface area contributed by atoms with Crippen LogP contribution in [0.2, 0.25) is 0 Å². The minimum atomic E-state index is -0.563. The molecule has 0 spiro atoms. The summed E-state index contributed by atoms with van der Waals surface area (Å²) < 4.78 is 5.14. The van der Waals surface area contributed by atoms with Crippen molar-refractivity contribution in [2.24, 2.45) is 5.92 Å². The molecule has 3 rings (SSSR count). The molecule has 1 aromatic heterocycles.